The maximum Gasteiger partial charge on any atom is 0.244 e. The molecule has 0 spiro atoms. The van der Waals surface area contributed by atoms with Gasteiger partial charge in [-0.2, -0.15) is 0 Å². The fraction of sp³-hybridized carbons (Fsp3) is 0.217. The number of hydrogen-bond donors (Lipinski definition) is 1. The third-order valence-electron chi connectivity index (χ3n) is 4.74. The van der Waals surface area contributed by atoms with E-state index in [0.29, 0.717) is 41.8 Å². The Morgan fingerprint density at radius 3 is 2.62 bits per heavy atom. The van der Waals surface area contributed by atoms with Crippen LogP contribution in [0.4, 0.5) is 10.1 Å². The van der Waals surface area contributed by atoms with Gasteiger partial charge in [0, 0.05) is 34.2 Å². The molecule has 0 saturated carbocycles. The zero-order chi connectivity index (χ0) is 22.5. The number of nitrogens with zero attached hydrogens (tertiary/aromatic N) is 1. The van der Waals surface area contributed by atoms with Gasteiger partial charge in [-0.3, -0.25) is 9.59 Å². The Hall–Kier alpha value is -3.46. The van der Waals surface area contributed by atoms with E-state index >= 15 is 0 Å². The molecule has 0 atom stereocenters. The number of carbonyl (C=O) groups is 1. The second-order valence-corrected chi connectivity index (χ2v) is 8.02. The highest BCUT2D eigenvalue weighted by atomic mass is 32.2. The molecule has 1 N–H and O–H groups in total. The number of benzene rings is 2. The summed E-state index contributed by atoms with van der Waals surface area (Å²) in [4.78, 5) is 25.8. The van der Waals surface area contributed by atoms with Gasteiger partial charge >= 0.3 is 0 Å². The number of amides is 1. The lowest BCUT2D eigenvalue weighted by Gasteiger charge is -2.19. The average molecular weight is 456 g/mol. The number of halogens is 1. The highest BCUT2D eigenvalue weighted by molar-refractivity contribution is 7.98. The molecular weight excluding hydrogens is 435 g/mol. The van der Waals surface area contributed by atoms with Gasteiger partial charge < -0.3 is 24.1 Å². The fourth-order valence-electron chi connectivity index (χ4n) is 3.18. The third kappa shape index (κ3) is 5.23. The predicted molar refractivity (Wildman–Crippen MR) is 119 cm³/mol. The first-order valence-electron chi connectivity index (χ1n) is 9.87. The highest BCUT2D eigenvalue weighted by Gasteiger charge is 2.15. The van der Waals surface area contributed by atoms with Crippen LogP contribution in [-0.4, -0.2) is 30.8 Å². The van der Waals surface area contributed by atoms with Crippen LogP contribution in [0.25, 0.3) is 0 Å². The Morgan fingerprint density at radius 1 is 1.12 bits per heavy atom. The van der Waals surface area contributed by atoms with Gasteiger partial charge in [-0.05, 0) is 36.4 Å². The van der Waals surface area contributed by atoms with Crippen molar-refractivity contribution in [3.8, 4) is 17.2 Å². The van der Waals surface area contributed by atoms with Crippen LogP contribution in [0.3, 0.4) is 0 Å². The number of methoxy groups -OCH3 is 1. The first kappa shape index (κ1) is 21.8. The number of thioether (sulfide) groups is 1. The molecule has 9 heteroatoms. The van der Waals surface area contributed by atoms with Crippen molar-refractivity contribution in [2.24, 2.45) is 0 Å². The van der Waals surface area contributed by atoms with Crippen LogP contribution < -0.4 is 25.0 Å². The van der Waals surface area contributed by atoms with Crippen molar-refractivity contribution in [2.45, 2.75) is 17.2 Å². The van der Waals surface area contributed by atoms with Gasteiger partial charge in [0.2, 0.25) is 11.3 Å². The summed E-state index contributed by atoms with van der Waals surface area (Å²) in [5.74, 6) is 1.19. The van der Waals surface area contributed by atoms with Gasteiger partial charge in [0.1, 0.15) is 25.6 Å². The Balaban J connectivity index is 1.50. The number of anilines is 1. The molecular formula is C23H21FN2O5S. The topological polar surface area (TPSA) is 78.8 Å². The van der Waals surface area contributed by atoms with Crippen LogP contribution in [0.1, 0.15) is 5.69 Å². The van der Waals surface area contributed by atoms with Crippen LogP contribution in [-0.2, 0) is 17.1 Å². The van der Waals surface area contributed by atoms with Gasteiger partial charge in [-0.25, -0.2) is 4.39 Å². The summed E-state index contributed by atoms with van der Waals surface area (Å²) in [7, 11) is 1.41. The maximum absolute atomic E-state index is 13.1. The minimum atomic E-state index is -0.313. The van der Waals surface area contributed by atoms with Crippen LogP contribution in [0, 0.1) is 5.82 Å². The molecule has 166 valence electrons. The van der Waals surface area contributed by atoms with E-state index in [1.54, 1.807) is 34.9 Å². The normalized spacial score (nSPS) is 12.3. The van der Waals surface area contributed by atoms with E-state index < -0.39 is 0 Å². The number of hydrogen-bond acceptors (Lipinski definition) is 6. The van der Waals surface area contributed by atoms with Crippen LogP contribution in [0.2, 0.25) is 0 Å². The summed E-state index contributed by atoms with van der Waals surface area (Å²) in [6, 6.07) is 12.7. The van der Waals surface area contributed by atoms with Crippen molar-refractivity contribution in [2.75, 3.05) is 25.6 Å². The molecule has 1 aliphatic heterocycles. The molecule has 0 radical (unpaired) electrons. The van der Waals surface area contributed by atoms with E-state index in [0.717, 1.165) is 4.90 Å². The summed E-state index contributed by atoms with van der Waals surface area (Å²) in [6.45, 7) is 0.923. The van der Waals surface area contributed by atoms with Crippen LogP contribution in [0.15, 0.2) is 64.4 Å². The fourth-order valence-corrected chi connectivity index (χ4v) is 4.08. The molecule has 0 fully saturated rings. The number of aromatic nitrogens is 1. The molecule has 1 aliphatic rings. The van der Waals surface area contributed by atoms with Crippen LogP contribution in [0.5, 0.6) is 17.2 Å². The molecule has 7 nitrogen and oxygen atoms in total. The minimum Gasteiger partial charge on any atom is -0.491 e. The first-order chi connectivity index (χ1) is 15.5. The Kier molecular flexibility index (Phi) is 6.65. The summed E-state index contributed by atoms with van der Waals surface area (Å²) >= 11 is 1.44. The highest BCUT2D eigenvalue weighted by Crippen LogP contribution is 2.32. The molecule has 0 unspecified atom stereocenters. The van der Waals surface area contributed by atoms with E-state index in [2.05, 4.69) is 5.32 Å². The monoisotopic (exact) mass is 456 g/mol. The van der Waals surface area contributed by atoms with E-state index in [9.17, 15) is 14.0 Å². The largest absolute Gasteiger partial charge is 0.491 e. The minimum absolute atomic E-state index is 0.0234. The smallest absolute Gasteiger partial charge is 0.244 e. The molecule has 0 saturated heterocycles. The average Bonchev–Trinajstić information content (AvgIpc) is 2.80. The molecule has 2 aromatic carbocycles. The van der Waals surface area contributed by atoms with Gasteiger partial charge in [-0.1, -0.05) is 0 Å². The summed E-state index contributed by atoms with van der Waals surface area (Å²) in [5.41, 5.74) is 0.947. The number of rotatable bonds is 7. The Morgan fingerprint density at radius 2 is 1.88 bits per heavy atom. The standard InChI is InChI=1S/C23H21FN2O5S/c1-29-22-12-26(17(11-19(22)27)14-32-18-5-2-15(24)3-6-18)13-23(28)25-16-4-7-20-21(10-16)31-9-8-30-20/h2-7,10-12H,8-9,13-14H2,1H3,(H,25,28). The van der Waals surface area contributed by atoms with Crippen molar-refractivity contribution >= 4 is 23.4 Å². The zero-order valence-corrected chi connectivity index (χ0v) is 18.1. The number of fused-ring (bicyclic) bond motifs is 1. The Bertz CT molecular complexity index is 1180. The van der Waals surface area contributed by atoms with Crippen molar-refractivity contribution in [3.63, 3.8) is 0 Å². The van der Waals surface area contributed by atoms with Crippen molar-refractivity contribution in [1.82, 2.24) is 4.57 Å². The van der Waals surface area contributed by atoms with Crippen LogP contribution >= 0.6 is 11.8 Å². The van der Waals surface area contributed by atoms with E-state index in [1.807, 2.05) is 0 Å². The molecule has 32 heavy (non-hydrogen) atoms. The van der Waals surface area contributed by atoms with Gasteiger partial charge in [0.15, 0.2) is 17.2 Å². The third-order valence-corrected chi connectivity index (χ3v) is 5.79. The molecule has 3 aromatic rings. The summed E-state index contributed by atoms with van der Waals surface area (Å²) in [6.07, 6.45) is 1.52. The first-order valence-corrected chi connectivity index (χ1v) is 10.9. The number of nitrogens with one attached hydrogen (secondary N) is 1. The lowest BCUT2D eigenvalue weighted by molar-refractivity contribution is -0.116. The lowest BCUT2D eigenvalue weighted by Crippen LogP contribution is -2.23. The second kappa shape index (κ2) is 9.78. The zero-order valence-electron chi connectivity index (χ0n) is 17.3. The van der Waals surface area contributed by atoms with Crippen molar-refractivity contribution in [3.05, 3.63) is 76.5 Å². The molecule has 0 aliphatic carbocycles. The molecule has 0 bridgehead atoms. The molecule has 4 rings (SSSR count). The summed E-state index contributed by atoms with van der Waals surface area (Å²) in [5, 5.41) is 2.84. The predicted octanol–water partition coefficient (Wildman–Crippen LogP) is 3.70. The van der Waals surface area contributed by atoms with Crippen molar-refractivity contribution in [1.29, 1.82) is 0 Å². The van der Waals surface area contributed by atoms with Gasteiger partial charge in [0.25, 0.3) is 0 Å². The van der Waals surface area contributed by atoms with E-state index in [-0.39, 0.29) is 29.4 Å². The number of pyridine rings is 1. The maximum atomic E-state index is 13.1. The quantitative estimate of drug-likeness (QED) is 0.547. The molecule has 1 amide bonds. The van der Waals surface area contributed by atoms with Gasteiger partial charge in [-0.15, -0.1) is 11.8 Å². The number of carbonyl (C=O) groups excluding carboxylic acids is 1. The molecule has 2 heterocycles. The van der Waals surface area contributed by atoms with Gasteiger partial charge in [0.05, 0.1) is 13.3 Å². The van der Waals surface area contributed by atoms with E-state index in [1.165, 1.54) is 43.3 Å². The SMILES string of the molecule is COc1cn(CC(=O)Nc2ccc3c(c2)OCCO3)c(CSc2ccc(F)cc2)cc1=O. The Labute approximate surface area is 188 Å². The number of ether oxygens (including phenoxy) is 3. The summed E-state index contributed by atoms with van der Waals surface area (Å²) < 4.78 is 31.0. The second-order valence-electron chi connectivity index (χ2n) is 6.97. The van der Waals surface area contributed by atoms with Crippen molar-refractivity contribution < 1.29 is 23.4 Å². The van der Waals surface area contributed by atoms with E-state index in [4.69, 9.17) is 14.2 Å². The lowest BCUT2D eigenvalue weighted by atomic mass is 10.2. The molecule has 1 aromatic heterocycles.